The van der Waals surface area contributed by atoms with Crippen molar-refractivity contribution in [2.45, 2.75) is 44.2 Å². The van der Waals surface area contributed by atoms with Gasteiger partial charge in [-0.2, -0.15) is 5.26 Å². The van der Waals surface area contributed by atoms with Gasteiger partial charge in [0.1, 0.15) is 12.1 Å². The minimum atomic E-state index is -0.847. The summed E-state index contributed by atoms with van der Waals surface area (Å²) in [5, 5.41) is 12.3. The zero-order chi connectivity index (χ0) is 19.1. The molecule has 0 atom stereocenters. The lowest BCUT2D eigenvalue weighted by atomic mass is 9.83. The number of hydrogen-bond donors (Lipinski definition) is 1. The van der Waals surface area contributed by atoms with Crippen LogP contribution in [0.15, 0.2) is 14.3 Å². The third-order valence-corrected chi connectivity index (χ3v) is 5.50. The summed E-state index contributed by atoms with van der Waals surface area (Å²) in [5.74, 6) is -0.360. The topological polar surface area (TPSA) is 115 Å². The van der Waals surface area contributed by atoms with Gasteiger partial charge in [0.05, 0.1) is 6.07 Å². The fraction of sp³-hybridized carbons (Fsp3) is 0.562. The fourth-order valence-electron chi connectivity index (χ4n) is 3.47. The molecule has 0 radical (unpaired) electrons. The number of hydrogen-bond acceptors (Lipinski definition) is 5. The fourth-order valence-corrected chi connectivity index (χ4v) is 3.94. The number of halogens is 1. The first-order chi connectivity index (χ1) is 12.3. The Labute approximate surface area is 157 Å². The van der Waals surface area contributed by atoms with Crippen LogP contribution in [0, 0.1) is 11.3 Å². The van der Waals surface area contributed by atoms with Crippen molar-refractivity contribution in [3.05, 3.63) is 25.6 Å². The molecule has 1 amide bonds. The van der Waals surface area contributed by atoms with Gasteiger partial charge in [-0.25, -0.2) is 9.78 Å². The Bertz CT molecular complexity index is 1040. The molecule has 2 aromatic heterocycles. The maximum Gasteiger partial charge on any atom is 0.332 e. The Morgan fingerprint density at radius 1 is 1.27 bits per heavy atom. The Hall–Kier alpha value is -2.41. The zero-order valence-corrected chi connectivity index (χ0v) is 16.2. The molecule has 2 heterocycles. The van der Waals surface area contributed by atoms with Crippen molar-refractivity contribution in [1.29, 1.82) is 5.26 Å². The average Bonchev–Trinajstić information content (AvgIpc) is 2.95. The lowest BCUT2D eigenvalue weighted by Gasteiger charge is -2.31. The summed E-state index contributed by atoms with van der Waals surface area (Å²) in [6.07, 6.45) is 4.11. The molecular formula is C16H19BrN6O3. The van der Waals surface area contributed by atoms with Crippen molar-refractivity contribution < 1.29 is 4.79 Å². The number of carbonyl (C=O) groups excluding carboxylic acids is 1. The van der Waals surface area contributed by atoms with Gasteiger partial charge in [0.15, 0.2) is 15.9 Å². The molecule has 0 spiro atoms. The van der Waals surface area contributed by atoms with E-state index in [4.69, 9.17) is 0 Å². The van der Waals surface area contributed by atoms with Gasteiger partial charge in [-0.3, -0.25) is 23.3 Å². The predicted molar refractivity (Wildman–Crippen MR) is 97.5 cm³/mol. The lowest BCUT2D eigenvalue weighted by molar-refractivity contribution is -0.123. The minimum Gasteiger partial charge on any atom is -0.336 e. The number of aryl methyl sites for hydroxylation is 1. The normalized spacial score (nSPS) is 16.4. The SMILES string of the molecule is Cn1c(=O)c2nc(Br)n(CC(=O)NC3(C#N)CCCCC3)c2n(C)c1=O. The molecule has 1 fully saturated rings. The Morgan fingerprint density at radius 3 is 2.54 bits per heavy atom. The third kappa shape index (κ3) is 2.96. The molecule has 0 aliphatic heterocycles. The first-order valence-electron chi connectivity index (χ1n) is 8.34. The number of nitrogens with zero attached hydrogens (tertiary/aromatic N) is 5. The molecule has 2 aromatic rings. The second-order valence-corrected chi connectivity index (χ2v) is 7.36. The molecule has 1 N–H and O–H groups in total. The van der Waals surface area contributed by atoms with E-state index in [2.05, 4.69) is 32.3 Å². The highest BCUT2D eigenvalue weighted by molar-refractivity contribution is 9.10. The molecule has 10 heteroatoms. The van der Waals surface area contributed by atoms with Crippen LogP contribution in [0.2, 0.25) is 0 Å². The van der Waals surface area contributed by atoms with E-state index in [-0.39, 0.29) is 28.3 Å². The summed E-state index contributed by atoms with van der Waals surface area (Å²) >= 11 is 3.25. The zero-order valence-electron chi connectivity index (χ0n) is 14.6. The molecule has 138 valence electrons. The van der Waals surface area contributed by atoms with E-state index in [9.17, 15) is 19.6 Å². The van der Waals surface area contributed by atoms with Gasteiger partial charge in [-0.1, -0.05) is 19.3 Å². The van der Waals surface area contributed by atoms with Crippen LogP contribution in [0.25, 0.3) is 11.2 Å². The van der Waals surface area contributed by atoms with Gasteiger partial charge in [0, 0.05) is 14.1 Å². The smallest absolute Gasteiger partial charge is 0.332 e. The van der Waals surface area contributed by atoms with Gasteiger partial charge < -0.3 is 5.32 Å². The van der Waals surface area contributed by atoms with E-state index >= 15 is 0 Å². The van der Waals surface area contributed by atoms with Crippen molar-refractivity contribution in [3.8, 4) is 6.07 Å². The lowest BCUT2D eigenvalue weighted by Crippen LogP contribution is -2.49. The molecule has 3 rings (SSSR count). The monoisotopic (exact) mass is 422 g/mol. The van der Waals surface area contributed by atoms with Crippen LogP contribution < -0.4 is 16.6 Å². The summed E-state index contributed by atoms with van der Waals surface area (Å²) in [4.78, 5) is 41.2. The van der Waals surface area contributed by atoms with E-state index in [1.807, 2.05) is 0 Å². The maximum atomic E-state index is 12.6. The van der Waals surface area contributed by atoms with Crippen LogP contribution in [0.5, 0.6) is 0 Å². The largest absolute Gasteiger partial charge is 0.336 e. The minimum absolute atomic E-state index is 0.0990. The maximum absolute atomic E-state index is 12.6. The second kappa shape index (κ2) is 6.72. The highest BCUT2D eigenvalue weighted by Crippen LogP contribution is 2.27. The number of nitrogens with one attached hydrogen (secondary N) is 1. The van der Waals surface area contributed by atoms with E-state index in [1.165, 1.54) is 23.2 Å². The molecule has 0 saturated heterocycles. The molecule has 0 bridgehead atoms. The first kappa shape index (κ1) is 18.4. The number of fused-ring (bicyclic) bond motifs is 1. The third-order valence-electron chi connectivity index (χ3n) is 4.89. The van der Waals surface area contributed by atoms with Crippen LogP contribution in [-0.4, -0.2) is 30.1 Å². The van der Waals surface area contributed by atoms with E-state index in [0.29, 0.717) is 12.8 Å². The highest BCUT2D eigenvalue weighted by atomic mass is 79.9. The van der Waals surface area contributed by atoms with Crippen LogP contribution in [0.3, 0.4) is 0 Å². The van der Waals surface area contributed by atoms with E-state index in [1.54, 1.807) is 0 Å². The number of nitriles is 1. The number of carbonyl (C=O) groups is 1. The van der Waals surface area contributed by atoms with Gasteiger partial charge in [-0.05, 0) is 28.8 Å². The molecule has 9 nitrogen and oxygen atoms in total. The molecule has 26 heavy (non-hydrogen) atoms. The van der Waals surface area contributed by atoms with Crippen molar-refractivity contribution in [2.75, 3.05) is 0 Å². The number of amides is 1. The predicted octanol–water partition coefficient (Wildman–Crippen LogP) is 0.539. The molecular weight excluding hydrogens is 404 g/mol. The molecule has 0 unspecified atom stereocenters. The molecule has 1 saturated carbocycles. The second-order valence-electron chi connectivity index (χ2n) is 6.65. The highest BCUT2D eigenvalue weighted by Gasteiger charge is 2.34. The summed E-state index contributed by atoms with van der Waals surface area (Å²) in [7, 11) is 2.90. The van der Waals surface area contributed by atoms with Crippen LogP contribution in [0.1, 0.15) is 32.1 Å². The van der Waals surface area contributed by atoms with Crippen LogP contribution in [-0.2, 0) is 25.4 Å². The van der Waals surface area contributed by atoms with Gasteiger partial charge in [0.2, 0.25) is 5.91 Å². The van der Waals surface area contributed by atoms with Crippen LogP contribution in [0.4, 0.5) is 0 Å². The average molecular weight is 423 g/mol. The van der Waals surface area contributed by atoms with Crippen LogP contribution >= 0.6 is 15.9 Å². The molecule has 1 aliphatic rings. The van der Waals surface area contributed by atoms with E-state index < -0.39 is 16.8 Å². The Morgan fingerprint density at radius 2 is 1.92 bits per heavy atom. The van der Waals surface area contributed by atoms with Crippen molar-refractivity contribution in [1.82, 2.24) is 24.0 Å². The number of imidazole rings is 1. The quantitative estimate of drug-likeness (QED) is 0.724. The molecule has 1 aliphatic carbocycles. The molecule has 0 aromatic carbocycles. The van der Waals surface area contributed by atoms with Gasteiger partial charge in [-0.15, -0.1) is 0 Å². The Balaban J connectivity index is 1.98. The van der Waals surface area contributed by atoms with Gasteiger partial charge >= 0.3 is 5.69 Å². The summed E-state index contributed by atoms with van der Waals surface area (Å²) in [6.45, 7) is -0.152. The van der Waals surface area contributed by atoms with Crippen molar-refractivity contribution in [2.24, 2.45) is 14.1 Å². The standard InChI is InChI=1S/C16H19BrN6O3/c1-21-12-11(13(25)22(2)15(21)26)19-14(17)23(12)8-10(24)20-16(9-18)6-4-3-5-7-16/h3-8H2,1-2H3,(H,20,24). The Kier molecular flexibility index (Phi) is 4.75. The summed E-state index contributed by atoms with van der Waals surface area (Å²) < 4.78 is 3.98. The number of aromatic nitrogens is 4. The first-order valence-corrected chi connectivity index (χ1v) is 9.13. The van der Waals surface area contributed by atoms with Gasteiger partial charge in [0.25, 0.3) is 5.56 Å². The van der Waals surface area contributed by atoms with Crippen molar-refractivity contribution >= 4 is 33.0 Å². The van der Waals surface area contributed by atoms with E-state index in [0.717, 1.165) is 23.8 Å². The van der Waals surface area contributed by atoms with Crippen molar-refractivity contribution in [3.63, 3.8) is 0 Å². The number of rotatable bonds is 3. The summed E-state index contributed by atoms with van der Waals surface area (Å²) in [6, 6.07) is 2.24. The summed E-state index contributed by atoms with van der Waals surface area (Å²) in [5.41, 5.74) is -1.52.